The number of amides is 4. The van der Waals surface area contributed by atoms with Crippen LogP contribution in [0.25, 0.3) is 0 Å². The Morgan fingerprint density at radius 3 is 1.60 bits per heavy atom. The molecule has 0 aromatic heterocycles. The van der Waals surface area contributed by atoms with Crippen molar-refractivity contribution in [3.8, 4) is 0 Å². The highest BCUT2D eigenvalue weighted by Gasteiger charge is 2.61. The first-order valence-electron chi connectivity index (χ1n) is 13.9. The fourth-order valence-electron chi connectivity index (χ4n) is 6.72. The Morgan fingerprint density at radius 1 is 0.605 bits per heavy atom. The normalized spacial score (nSPS) is 21.0. The molecule has 8 rings (SSSR count). The van der Waals surface area contributed by atoms with Crippen LogP contribution in [-0.4, -0.2) is 36.2 Å². The number of carbonyl (C=O) groups is 5. The van der Waals surface area contributed by atoms with Crippen molar-refractivity contribution in [1.29, 1.82) is 0 Å². The van der Waals surface area contributed by atoms with Crippen molar-refractivity contribution in [3.05, 3.63) is 137 Å². The zero-order chi connectivity index (χ0) is 29.7. The largest absolute Gasteiger partial charge is 0.452 e. The summed E-state index contributed by atoms with van der Waals surface area (Å²) in [6.45, 7) is -0.619. The van der Waals surface area contributed by atoms with E-state index in [1.165, 1.54) is 29.2 Å². The number of rotatable bonds is 5. The SMILES string of the molecule is O=C(COC(=O)c1ccc(N2C(=O)[C@@H]3C4c5ccccc5C(c5ccccc54)[C@@H]3C2=O)cc1)NNC(=O)c1ccccc1. The van der Waals surface area contributed by atoms with E-state index in [1.807, 2.05) is 24.3 Å². The fourth-order valence-corrected chi connectivity index (χ4v) is 6.72. The van der Waals surface area contributed by atoms with E-state index in [2.05, 4.69) is 35.1 Å². The van der Waals surface area contributed by atoms with Gasteiger partial charge in [0, 0.05) is 17.4 Å². The maximum Gasteiger partial charge on any atom is 0.338 e. The number of nitrogens with one attached hydrogen (secondary N) is 2. The lowest BCUT2D eigenvalue weighted by atomic mass is 9.55. The van der Waals surface area contributed by atoms with Gasteiger partial charge in [-0.05, 0) is 58.7 Å². The van der Waals surface area contributed by atoms with E-state index < -0.39 is 36.2 Å². The smallest absolute Gasteiger partial charge is 0.338 e. The monoisotopic (exact) mass is 571 g/mol. The third-order valence-electron chi connectivity index (χ3n) is 8.50. The van der Waals surface area contributed by atoms with Gasteiger partial charge in [-0.3, -0.25) is 30.0 Å². The Balaban J connectivity index is 1.04. The predicted molar refractivity (Wildman–Crippen MR) is 155 cm³/mol. The molecule has 1 saturated heterocycles. The van der Waals surface area contributed by atoms with Crippen molar-refractivity contribution < 1.29 is 28.7 Å². The predicted octanol–water partition coefficient (Wildman–Crippen LogP) is 3.70. The van der Waals surface area contributed by atoms with Crippen LogP contribution in [0.1, 0.15) is 54.8 Å². The molecule has 4 amide bonds. The molecule has 3 aliphatic carbocycles. The molecule has 0 radical (unpaired) electrons. The second-order valence-corrected chi connectivity index (χ2v) is 10.8. The topological polar surface area (TPSA) is 122 Å². The highest BCUT2D eigenvalue weighted by atomic mass is 16.5. The van der Waals surface area contributed by atoms with Gasteiger partial charge < -0.3 is 4.74 Å². The van der Waals surface area contributed by atoms with Crippen molar-refractivity contribution in [2.45, 2.75) is 11.8 Å². The number of hydrogen-bond acceptors (Lipinski definition) is 6. The Morgan fingerprint density at radius 2 is 1.09 bits per heavy atom. The van der Waals surface area contributed by atoms with Crippen LogP contribution in [0.5, 0.6) is 0 Å². The zero-order valence-corrected chi connectivity index (χ0v) is 22.7. The molecule has 0 saturated carbocycles. The van der Waals surface area contributed by atoms with Crippen LogP contribution in [0.4, 0.5) is 5.69 Å². The average molecular weight is 572 g/mol. The fraction of sp³-hybridized carbons (Fsp3) is 0.147. The summed E-state index contributed by atoms with van der Waals surface area (Å²) >= 11 is 0. The molecule has 43 heavy (non-hydrogen) atoms. The maximum atomic E-state index is 13.9. The Labute approximate surface area is 246 Å². The Hall–Kier alpha value is -5.57. The van der Waals surface area contributed by atoms with Gasteiger partial charge in [-0.1, -0.05) is 66.7 Å². The van der Waals surface area contributed by atoms with Crippen LogP contribution >= 0.6 is 0 Å². The molecular formula is C34H25N3O6. The molecule has 1 aliphatic heterocycles. The summed E-state index contributed by atoms with van der Waals surface area (Å²) in [4.78, 5) is 65.7. The number of hydrogen-bond donors (Lipinski definition) is 2. The summed E-state index contributed by atoms with van der Waals surface area (Å²) in [7, 11) is 0. The van der Waals surface area contributed by atoms with E-state index in [1.54, 1.807) is 30.3 Å². The number of benzene rings is 4. The van der Waals surface area contributed by atoms with Crippen LogP contribution in [0.15, 0.2) is 103 Å². The minimum absolute atomic E-state index is 0.140. The van der Waals surface area contributed by atoms with Crippen LogP contribution in [0, 0.1) is 11.8 Å². The zero-order valence-electron chi connectivity index (χ0n) is 22.7. The van der Waals surface area contributed by atoms with Crippen molar-refractivity contribution in [2.75, 3.05) is 11.5 Å². The standard InChI is InChI=1S/C34H25N3O6/c38-26(35-36-31(39)19-8-2-1-3-9-19)18-43-34(42)20-14-16-21(17-15-20)37-32(40)29-27-22-10-4-5-11-23(22)28(30(29)33(37)41)25-13-7-6-12-24(25)27/h1-17,27-30H,18H2,(H,35,38)(H,36,39)/t27?,28?,29-,30+. The van der Waals surface area contributed by atoms with Crippen molar-refractivity contribution in [3.63, 3.8) is 0 Å². The summed E-state index contributed by atoms with van der Waals surface area (Å²) in [6, 6.07) is 30.4. The molecule has 2 bridgehead atoms. The third kappa shape index (κ3) is 4.28. The quantitative estimate of drug-likeness (QED) is 0.214. The average Bonchev–Trinajstić information content (AvgIpc) is 3.32. The first kappa shape index (κ1) is 26.3. The molecule has 4 aromatic carbocycles. The van der Waals surface area contributed by atoms with E-state index in [0.717, 1.165) is 22.3 Å². The highest BCUT2D eigenvalue weighted by molar-refractivity contribution is 6.23. The molecular weight excluding hydrogens is 546 g/mol. The number of ether oxygens (including phenoxy) is 1. The molecule has 0 spiro atoms. The molecule has 9 heteroatoms. The van der Waals surface area contributed by atoms with Gasteiger partial charge in [0.25, 0.3) is 11.8 Å². The molecule has 0 unspecified atom stereocenters. The summed E-state index contributed by atoms with van der Waals surface area (Å²) < 4.78 is 5.07. The molecule has 1 heterocycles. The third-order valence-corrected chi connectivity index (χ3v) is 8.50. The van der Waals surface area contributed by atoms with Gasteiger partial charge in [-0.25, -0.2) is 9.69 Å². The Bertz CT molecular complexity index is 1690. The first-order chi connectivity index (χ1) is 20.9. The summed E-state index contributed by atoms with van der Waals surface area (Å²) in [6.07, 6.45) is 0. The van der Waals surface area contributed by atoms with E-state index in [9.17, 15) is 24.0 Å². The molecule has 9 nitrogen and oxygen atoms in total. The van der Waals surface area contributed by atoms with E-state index >= 15 is 0 Å². The van der Waals surface area contributed by atoms with E-state index in [-0.39, 0.29) is 29.2 Å². The van der Waals surface area contributed by atoms with Gasteiger partial charge in [-0.15, -0.1) is 0 Å². The van der Waals surface area contributed by atoms with Crippen molar-refractivity contribution in [1.82, 2.24) is 10.9 Å². The van der Waals surface area contributed by atoms with Crippen LogP contribution in [-0.2, 0) is 19.1 Å². The molecule has 2 atom stereocenters. The van der Waals surface area contributed by atoms with Gasteiger partial charge in [0.05, 0.1) is 23.1 Å². The number of esters is 1. The number of imide groups is 1. The van der Waals surface area contributed by atoms with Crippen molar-refractivity contribution >= 4 is 35.3 Å². The minimum atomic E-state index is -0.771. The van der Waals surface area contributed by atoms with Crippen LogP contribution in [0.3, 0.4) is 0 Å². The van der Waals surface area contributed by atoms with E-state index in [4.69, 9.17) is 4.74 Å². The lowest BCUT2D eigenvalue weighted by Gasteiger charge is -2.45. The van der Waals surface area contributed by atoms with Gasteiger partial charge >= 0.3 is 5.97 Å². The number of carbonyl (C=O) groups excluding carboxylic acids is 5. The van der Waals surface area contributed by atoms with Crippen LogP contribution in [0.2, 0.25) is 0 Å². The maximum absolute atomic E-state index is 13.9. The van der Waals surface area contributed by atoms with Gasteiger partial charge in [-0.2, -0.15) is 0 Å². The number of anilines is 1. The molecule has 2 N–H and O–H groups in total. The summed E-state index contributed by atoms with van der Waals surface area (Å²) in [5.41, 5.74) is 9.70. The minimum Gasteiger partial charge on any atom is -0.452 e. The number of hydrazine groups is 1. The molecule has 212 valence electrons. The molecule has 4 aliphatic rings. The summed E-state index contributed by atoms with van der Waals surface area (Å²) in [5.74, 6) is -3.93. The van der Waals surface area contributed by atoms with Gasteiger partial charge in [0.1, 0.15) is 0 Å². The van der Waals surface area contributed by atoms with E-state index in [0.29, 0.717) is 11.3 Å². The molecule has 4 aromatic rings. The second kappa shape index (κ2) is 10.4. The Kier molecular flexibility index (Phi) is 6.35. The van der Waals surface area contributed by atoms with Crippen molar-refractivity contribution in [2.24, 2.45) is 11.8 Å². The first-order valence-corrected chi connectivity index (χ1v) is 13.9. The molecule has 1 fully saturated rings. The highest BCUT2D eigenvalue weighted by Crippen LogP contribution is 2.61. The lowest BCUT2D eigenvalue weighted by Crippen LogP contribution is -2.43. The lowest BCUT2D eigenvalue weighted by molar-refractivity contribution is -0.125. The number of nitrogens with zero attached hydrogens (tertiary/aromatic N) is 1. The van der Waals surface area contributed by atoms with Gasteiger partial charge in [0.2, 0.25) is 11.8 Å². The van der Waals surface area contributed by atoms with Crippen LogP contribution < -0.4 is 15.8 Å². The summed E-state index contributed by atoms with van der Waals surface area (Å²) in [5, 5.41) is 0. The second-order valence-electron chi connectivity index (χ2n) is 10.8. The van der Waals surface area contributed by atoms with Gasteiger partial charge in [0.15, 0.2) is 6.61 Å².